The van der Waals surface area contributed by atoms with E-state index in [-0.39, 0.29) is 22.1 Å². The summed E-state index contributed by atoms with van der Waals surface area (Å²) >= 11 is 5.02. The Morgan fingerprint density at radius 1 is 1.00 bits per heavy atom. The fraction of sp³-hybridized carbons (Fsp3) is 0.238. The van der Waals surface area contributed by atoms with E-state index in [1.165, 1.54) is 0 Å². The molecule has 7 heteroatoms. The van der Waals surface area contributed by atoms with Crippen LogP contribution in [0.1, 0.15) is 23.6 Å². The Kier molecular flexibility index (Phi) is 4.97. The van der Waals surface area contributed by atoms with E-state index in [0.29, 0.717) is 5.69 Å². The van der Waals surface area contributed by atoms with E-state index < -0.39 is 0 Å². The second-order valence-corrected chi connectivity index (χ2v) is 9.14. The van der Waals surface area contributed by atoms with E-state index in [1.807, 2.05) is 80.2 Å². The summed E-state index contributed by atoms with van der Waals surface area (Å²) in [6, 6.07) is 17.4. The molecule has 5 nitrogen and oxygen atoms in total. The second-order valence-electron chi connectivity index (χ2n) is 6.80. The highest BCUT2D eigenvalue weighted by atomic mass is 79.9. The molecule has 0 saturated carbocycles. The predicted octanol–water partition coefficient (Wildman–Crippen LogP) is 4.41. The first-order valence-corrected chi connectivity index (χ1v) is 10.7. The fourth-order valence-corrected chi connectivity index (χ4v) is 5.06. The first-order chi connectivity index (χ1) is 13.4. The lowest BCUT2D eigenvalue weighted by Crippen LogP contribution is -2.34. The number of thioether (sulfide) groups is 1. The lowest BCUT2D eigenvalue weighted by molar-refractivity contribution is -0.117. The fourth-order valence-electron chi connectivity index (χ4n) is 3.54. The van der Waals surface area contributed by atoms with Gasteiger partial charge in [-0.15, -0.1) is 11.8 Å². The molecule has 1 aromatic heterocycles. The number of rotatable bonds is 3. The first kappa shape index (κ1) is 19.1. The number of halogens is 1. The van der Waals surface area contributed by atoms with Crippen molar-refractivity contribution in [2.45, 2.75) is 24.5 Å². The highest BCUT2D eigenvalue weighted by Gasteiger charge is 2.42. The molecule has 0 radical (unpaired) electrons. The van der Waals surface area contributed by atoms with E-state index in [2.05, 4.69) is 15.9 Å². The summed E-state index contributed by atoms with van der Waals surface area (Å²) in [7, 11) is 1.85. The highest BCUT2D eigenvalue weighted by Crippen LogP contribution is 2.45. The van der Waals surface area contributed by atoms with Crippen LogP contribution in [0.15, 0.2) is 63.9 Å². The van der Waals surface area contributed by atoms with Crippen LogP contribution in [-0.2, 0) is 11.8 Å². The second kappa shape index (κ2) is 7.29. The molecule has 1 fully saturated rings. The van der Waals surface area contributed by atoms with Gasteiger partial charge < -0.3 is 0 Å². The van der Waals surface area contributed by atoms with Crippen LogP contribution in [0, 0.1) is 6.92 Å². The Morgan fingerprint density at radius 2 is 1.64 bits per heavy atom. The number of para-hydroxylation sites is 1. The van der Waals surface area contributed by atoms with Crippen LogP contribution >= 0.6 is 27.7 Å². The molecule has 0 bridgehead atoms. The maximum Gasteiger partial charge on any atom is 0.295 e. The molecule has 1 aliphatic rings. The molecule has 2 heterocycles. The van der Waals surface area contributed by atoms with Crippen molar-refractivity contribution >= 4 is 39.3 Å². The Bertz CT molecular complexity index is 1090. The topological polar surface area (TPSA) is 47.2 Å². The van der Waals surface area contributed by atoms with Crippen molar-refractivity contribution in [2.24, 2.45) is 7.05 Å². The Hall–Kier alpha value is -2.25. The normalized spacial score (nSPS) is 19.4. The third-order valence-electron chi connectivity index (χ3n) is 5.07. The summed E-state index contributed by atoms with van der Waals surface area (Å²) in [6.45, 7) is 3.78. The standard InChI is InChI=1S/C21H20BrN3O2S/c1-13-18(20(27)25(23(13)3)17-7-5-4-6-8-17)24-19(26)14(2)28-21(24)15-9-11-16(22)12-10-15/h4-12,14,21H,1-3H3/t14-,21+/m0/s1. The quantitative estimate of drug-likeness (QED) is 0.584. The van der Waals surface area contributed by atoms with Crippen LogP contribution in [0.4, 0.5) is 5.69 Å². The largest absolute Gasteiger partial charge is 0.295 e. The first-order valence-electron chi connectivity index (χ1n) is 8.98. The maximum absolute atomic E-state index is 13.4. The zero-order valence-corrected chi connectivity index (χ0v) is 18.2. The highest BCUT2D eigenvalue weighted by molar-refractivity contribution is 9.10. The Morgan fingerprint density at radius 3 is 2.29 bits per heavy atom. The minimum Gasteiger partial charge on any atom is -0.288 e. The van der Waals surface area contributed by atoms with Crippen molar-refractivity contribution in [1.29, 1.82) is 0 Å². The molecule has 1 aliphatic heterocycles. The summed E-state index contributed by atoms with van der Waals surface area (Å²) in [6.07, 6.45) is 0. The minimum absolute atomic E-state index is 0.0380. The van der Waals surface area contributed by atoms with Gasteiger partial charge in [0, 0.05) is 11.5 Å². The third-order valence-corrected chi connectivity index (χ3v) is 6.95. The molecular formula is C21H20BrN3O2S. The maximum atomic E-state index is 13.4. The van der Waals surface area contributed by atoms with Gasteiger partial charge in [-0.2, -0.15) is 0 Å². The van der Waals surface area contributed by atoms with Crippen molar-refractivity contribution in [3.63, 3.8) is 0 Å². The molecule has 0 N–H and O–H groups in total. The van der Waals surface area contributed by atoms with Crippen LogP contribution in [0.5, 0.6) is 0 Å². The van der Waals surface area contributed by atoms with Crippen LogP contribution < -0.4 is 10.5 Å². The Balaban J connectivity index is 1.88. The zero-order valence-electron chi connectivity index (χ0n) is 15.8. The zero-order chi connectivity index (χ0) is 20.0. The molecule has 1 saturated heterocycles. The lowest BCUT2D eigenvalue weighted by Gasteiger charge is -2.23. The summed E-state index contributed by atoms with van der Waals surface area (Å²) < 4.78 is 4.41. The molecule has 4 rings (SSSR count). The predicted molar refractivity (Wildman–Crippen MR) is 117 cm³/mol. The molecule has 0 spiro atoms. The van der Waals surface area contributed by atoms with E-state index in [9.17, 15) is 9.59 Å². The summed E-state index contributed by atoms with van der Waals surface area (Å²) in [5.74, 6) is -0.0380. The Labute approximate surface area is 176 Å². The van der Waals surface area contributed by atoms with Gasteiger partial charge in [-0.25, -0.2) is 4.68 Å². The molecule has 2 aromatic carbocycles. The number of carbonyl (C=O) groups excluding carboxylic acids is 1. The van der Waals surface area contributed by atoms with Gasteiger partial charge in [0.05, 0.1) is 16.6 Å². The van der Waals surface area contributed by atoms with Crippen molar-refractivity contribution in [2.75, 3.05) is 4.90 Å². The van der Waals surface area contributed by atoms with Crippen LogP contribution in [0.25, 0.3) is 5.69 Å². The van der Waals surface area contributed by atoms with E-state index in [4.69, 9.17) is 0 Å². The summed E-state index contributed by atoms with van der Waals surface area (Å²) in [4.78, 5) is 28.1. The number of hydrogen-bond acceptors (Lipinski definition) is 3. The molecule has 3 aromatic rings. The number of nitrogens with zero attached hydrogens (tertiary/aromatic N) is 3. The molecule has 2 atom stereocenters. The molecule has 0 aliphatic carbocycles. The smallest absolute Gasteiger partial charge is 0.288 e. The van der Waals surface area contributed by atoms with Gasteiger partial charge in [0.15, 0.2) is 0 Å². The van der Waals surface area contributed by atoms with Crippen molar-refractivity contribution in [3.05, 3.63) is 80.7 Å². The van der Waals surface area contributed by atoms with Gasteiger partial charge in [0.25, 0.3) is 5.56 Å². The van der Waals surface area contributed by atoms with Gasteiger partial charge in [0.1, 0.15) is 11.1 Å². The van der Waals surface area contributed by atoms with Gasteiger partial charge in [0.2, 0.25) is 5.91 Å². The van der Waals surface area contributed by atoms with Crippen LogP contribution in [0.3, 0.4) is 0 Å². The third kappa shape index (κ3) is 3.02. The van der Waals surface area contributed by atoms with Crippen molar-refractivity contribution in [1.82, 2.24) is 9.36 Å². The molecule has 0 unspecified atom stereocenters. The molecule has 1 amide bonds. The number of hydrogen-bond donors (Lipinski definition) is 0. The SMILES string of the molecule is Cc1c(N2C(=O)[C@H](C)S[C@@H]2c2ccc(Br)cc2)c(=O)n(-c2ccccc2)n1C. The van der Waals surface area contributed by atoms with Crippen molar-refractivity contribution < 1.29 is 4.79 Å². The molecule has 28 heavy (non-hydrogen) atoms. The minimum atomic E-state index is -0.228. The van der Waals surface area contributed by atoms with Gasteiger partial charge in [-0.3, -0.25) is 19.2 Å². The van der Waals surface area contributed by atoms with Gasteiger partial charge in [-0.05, 0) is 43.7 Å². The van der Waals surface area contributed by atoms with E-state index >= 15 is 0 Å². The number of aromatic nitrogens is 2. The monoisotopic (exact) mass is 457 g/mol. The number of carbonyl (C=O) groups is 1. The van der Waals surface area contributed by atoms with Crippen LogP contribution in [-0.4, -0.2) is 20.5 Å². The number of anilines is 1. The van der Waals surface area contributed by atoms with Gasteiger partial charge >= 0.3 is 0 Å². The molecular weight excluding hydrogens is 438 g/mol. The summed E-state index contributed by atoms with van der Waals surface area (Å²) in [5.41, 5.74) is 2.80. The van der Waals surface area contributed by atoms with Crippen molar-refractivity contribution in [3.8, 4) is 5.69 Å². The van der Waals surface area contributed by atoms with E-state index in [1.54, 1.807) is 21.3 Å². The van der Waals surface area contributed by atoms with E-state index in [0.717, 1.165) is 21.4 Å². The average molecular weight is 458 g/mol. The van der Waals surface area contributed by atoms with Crippen LogP contribution in [0.2, 0.25) is 0 Å². The number of benzene rings is 2. The van der Waals surface area contributed by atoms with Gasteiger partial charge in [-0.1, -0.05) is 46.3 Å². The number of amides is 1. The lowest BCUT2D eigenvalue weighted by atomic mass is 10.2. The summed E-state index contributed by atoms with van der Waals surface area (Å²) in [5, 5.41) is -0.438. The average Bonchev–Trinajstić information content (AvgIpc) is 3.09. The molecule has 144 valence electrons.